The second-order valence-corrected chi connectivity index (χ2v) is 8.92. The Morgan fingerprint density at radius 3 is 2.41 bits per heavy atom. The third-order valence-electron chi connectivity index (χ3n) is 6.35. The van der Waals surface area contributed by atoms with Crippen LogP contribution in [-0.4, -0.2) is 25.7 Å². The number of aliphatic imine (C=N–C) groups is 1. The molecule has 0 bridgehead atoms. The van der Waals surface area contributed by atoms with Gasteiger partial charge in [0, 0.05) is 25.5 Å². The number of hydrogen-bond donors (Lipinski definition) is 0. The van der Waals surface area contributed by atoms with E-state index < -0.39 is 0 Å². The summed E-state index contributed by atoms with van der Waals surface area (Å²) in [6.07, 6.45) is 5.68. The molecule has 0 saturated carbocycles. The molecule has 0 aromatic heterocycles. The first-order chi connectivity index (χ1) is 16.5. The molecule has 0 N–H and O–H groups in total. The highest BCUT2D eigenvalue weighted by Gasteiger charge is 2.22. The Morgan fingerprint density at radius 2 is 1.79 bits per heavy atom. The summed E-state index contributed by atoms with van der Waals surface area (Å²) in [7, 11) is 1.72. The number of rotatable bonds is 13. The van der Waals surface area contributed by atoms with Crippen LogP contribution in [0, 0.1) is 5.92 Å². The lowest BCUT2D eigenvalue weighted by atomic mass is 9.94. The van der Waals surface area contributed by atoms with Gasteiger partial charge in [-0.25, -0.2) is 0 Å². The Hall–Kier alpha value is -2.72. The number of anilines is 1. The lowest BCUT2D eigenvalue weighted by molar-refractivity contribution is -0.114. The summed E-state index contributed by atoms with van der Waals surface area (Å²) in [5, 5.41) is 0. The van der Waals surface area contributed by atoms with Crippen LogP contribution >= 0.6 is 0 Å². The topological polar surface area (TPSA) is 41.9 Å². The molecule has 0 heterocycles. The fraction of sp³-hybridized carbons (Fsp3) is 0.467. The first kappa shape index (κ1) is 27.5. The minimum Gasteiger partial charge on any atom is -0.369 e. The summed E-state index contributed by atoms with van der Waals surface area (Å²) < 4.78 is 6.35. The number of benzene rings is 2. The van der Waals surface area contributed by atoms with Gasteiger partial charge < -0.3 is 9.64 Å². The number of ether oxygens (including phenoxy) is 1. The highest BCUT2D eigenvalue weighted by molar-refractivity contribution is 6.19. The van der Waals surface area contributed by atoms with Crippen molar-refractivity contribution in [2.45, 2.75) is 73.0 Å². The van der Waals surface area contributed by atoms with Gasteiger partial charge in [-0.05, 0) is 55.4 Å². The van der Waals surface area contributed by atoms with Gasteiger partial charge in [-0.2, -0.15) is 0 Å². The second-order valence-electron chi connectivity index (χ2n) is 8.92. The molecule has 0 aliphatic carbocycles. The van der Waals surface area contributed by atoms with E-state index in [1.807, 2.05) is 23.1 Å². The van der Waals surface area contributed by atoms with E-state index in [0.717, 1.165) is 42.5 Å². The summed E-state index contributed by atoms with van der Waals surface area (Å²) >= 11 is 0. The Bertz CT molecular complexity index is 949. The van der Waals surface area contributed by atoms with Crippen LogP contribution in [0.2, 0.25) is 0 Å². The third-order valence-corrected chi connectivity index (χ3v) is 6.35. The lowest BCUT2D eigenvalue weighted by Crippen LogP contribution is -2.34. The van der Waals surface area contributed by atoms with Crippen LogP contribution < -0.4 is 4.90 Å². The average Bonchev–Trinajstić information content (AvgIpc) is 2.87. The van der Waals surface area contributed by atoms with Crippen molar-refractivity contribution in [1.29, 1.82) is 0 Å². The van der Waals surface area contributed by atoms with Gasteiger partial charge in [0.15, 0.2) is 0 Å². The van der Waals surface area contributed by atoms with Crippen molar-refractivity contribution in [1.82, 2.24) is 0 Å². The number of hydrogen-bond acceptors (Lipinski definition) is 3. The molecule has 2 rings (SSSR count). The fourth-order valence-electron chi connectivity index (χ4n) is 4.03. The maximum atomic E-state index is 13.7. The predicted octanol–water partition coefficient (Wildman–Crippen LogP) is 7.55. The molecule has 0 aliphatic heterocycles. The van der Waals surface area contributed by atoms with Crippen LogP contribution in [0.5, 0.6) is 0 Å². The highest BCUT2D eigenvalue weighted by atomic mass is 16.5. The largest absolute Gasteiger partial charge is 0.369 e. The smallest absolute Gasteiger partial charge is 0.259 e. The second kappa shape index (κ2) is 14.5. The Labute approximate surface area is 206 Å². The van der Waals surface area contributed by atoms with E-state index in [0.29, 0.717) is 24.6 Å². The molecule has 2 aromatic carbocycles. The molecule has 184 valence electrons. The third kappa shape index (κ3) is 7.66. The molecular formula is C30H42N2O2. The molecule has 0 spiro atoms. The molecule has 0 fully saturated rings. The molecule has 0 radical (unpaired) electrons. The summed E-state index contributed by atoms with van der Waals surface area (Å²) in [6.45, 7) is 11.8. The molecule has 2 atom stereocenters. The molecular weight excluding hydrogens is 420 g/mol. The van der Waals surface area contributed by atoms with Crippen molar-refractivity contribution < 1.29 is 9.53 Å². The van der Waals surface area contributed by atoms with Gasteiger partial charge in [0.05, 0.1) is 18.3 Å². The SMILES string of the molecule is CCCC(OCc1cccc(N(CCC)C(=O)/C(C=NC)=C(\C)C(C)CC)c1)c1ccccc1. The zero-order valence-electron chi connectivity index (χ0n) is 21.9. The first-order valence-corrected chi connectivity index (χ1v) is 12.7. The van der Waals surface area contributed by atoms with Gasteiger partial charge in [0.25, 0.3) is 5.91 Å². The molecule has 2 unspecified atom stereocenters. The van der Waals surface area contributed by atoms with Gasteiger partial charge in [0.2, 0.25) is 0 Å². The van der Waals surface area contributed by atoms with Crippen LogP contribution in [0.3, 0.4) is 0 Å². The zero-order chi connectivity index (χ0) is 24.9. The van der Waals surface area contributed by atoms with E-state index in [1.165, 1.54) is 5.56 Å². The first-order valence-electron chi connectivity index (χ1n) is 12.7. The minimum atomic E-state index is 0.0106. The van der Waals surface area contributed by atoms with Gasteiger partial charge in [-0.15, -0.1) is 0 Å². The molecule has 4 nitrogen and oxygen atoms in total. The summed E-state index contributed by atoms with van der Waals surface area (Å²) in [5.74, 6) is 0.338. The van der Waals surface area contributed by atoms with E-state index in [1.54, 1.807) is 13.3 Å². The number of carbonyl (C=O) groups is 1. The van der Waals surface area contributed by atoms with E-state index in [9.17, 15) is 4.79 Å². The van der Waals surface area contributed by atoms with Crippen molar-refractivity contribution in [3.63, 3.8) is 0 Å². The maximum absolute atomic E-state index is 13.7. The summed E-state index contributed by atoms with van der Waals surface area (Å²) in [4.78, 5) is 19.8. The van der Waals surface area contributed by atoms with Crippen LogP contribution in [0.1, 0.15) is 77.5 Å². The van der Waals surface area contributed by atoms with E-state index in [-0.39, 0.29) is 12.0 Å². The molecule has 34 heavy (non-hydrogen) atoms. The Morgan fingerprint density at radius 1 is 1.06 bits per heavy atom. The van der Waals surface area contributed by atoms with E-state index >= 15 is 0 Å². The van der Waals surface area contributed by atoms with Crippen molar-refractivity contribution in [2.24, 2.45) is 10.9 Å². The van der Waals surface area contributed by atoms with Crippen molar-refractivity contribution >= 4 is 17.8 Å². The number of allylic oxidation sites excluding steroid dienone is 1. The lowest BCUT2D eigenvalue weighted by Gasteiger charge is -2.25. The molecule has 2 aromatic rings. The zero-order valence-corrected chi connectivity index (χ0v) is 21.9. The molecule has 0 aliphatic rings. The predicted molar refractivity (Wildman–Crippen MR) is 145 cm³/mol. The maximum Gasteiger partial charge on any atom is 0.259 e. The van der Waals surface area contributed by atoms with Crippen molar-refractivity contribution in [3.8, 4) is 0 Å². The summed E-state index contributed by atoms with van der Waals surface area (Å²) in [6, 6.07) is 18.6. The highest BCUT2D eigenvalue weighted by Crippen LogP contribution is 2.26. The van der Waals surface area contributed by atoms with Crippen molar-refractivity contribution in [3.05, 3.63) is 76.9 Å². The molecule has 0 saturated heterocycles. The Kier molecular flexibility index (Phi) is 11.8. The number of carbonyl (C=O) groups excluding carboxylic acids is 1. The van der Waals surface area contributed by atoms with Crippen LogP contribution in [0.4, 0.5) is 5.69 Å². The average molecular weight is 463 g/mol. The van der Waals surface area contributed by atoms with E-state index in [4.69, 9.17) is 4.74 Å². The van der Waals surface area contributed by atoms with Crippen molar-refractivity contribution in [2.75, 3.05) is 18.5 Å². The number of amides is 1. The number of nitrogens with zero attached hydrogens (tertiary/aromatic N) is 2. The van der Waals surface area contributed by atoms with Crippen LogP contribution in [0.25, 0.3) is 0 Å². The Balaban J connectivity index is 2.29. The standard InChI is InChI=1S/C30H42N2O2/c1-7-14-29(26-16-11-10-12-17-26)34-22-25-15-13-18-27(20-25)32(19-8-2)30(33)28(21-31-6)24(5)23(4)9-3/h10-13,15-18,20-21,23,29H,7-9,14,19,22H2,1-6H3/b28-24+,31-21?. The van der Waals surface area contributed by atoms with E-state index in [2.05, 4.69) is 76.0 Å². The monoisotopic (exact) mass is 462 g/mol. The molecule has 4 heteroatoms. The normalized spacial score (nSPS) is 14.1. The van der Waals surface area contributed by atoms with Gasteiger partial charge in [0.1, 0.15) is 0 Å². The van der Waals surface area contributed by atoms with Crippen LogP contribution in [-0.2, 0) is 16.1 Å². The van der Waals surface area contributed by atoms with Gasteiger partial charge in [-0.3, -0.25) is 9.79 Å². The van der Waals surface area contributed by atoms with Crippen LogP contribution in [0.15, 0.2) is 70.7 Å². The quantitative estimate of drug-likeness (QED) is 0.228. The molecule has 1 amide bonds. The van der Waals surface area contributed by atoms with Gasteiger partial charge >= 0.3 is 0 Å². The minimum absolute atomic E-state index is 0.0106. The van der Waals surface area contributed by atoms with Gasteiger partial charge in [-0.1, -0.05) is 82.2 Å². The summed E-state index contributed by atoms with van der Waals surface area (Å²) in [5.41, 5.74) is 4.95. The fourth-order valence-corrected chi connectivity index (χ4v) is 4.03.